The molecule has 4 nitrogen and oxygen atoms in total. The Balaban J connectivity index is 1.77. The summed E-state index contributed by atoms with van der Waals surface area (Å²) in [6.45, 7) is 2.91. The van der Waals surface area contributed by atoms with Crippen molar-refractivity contribution in [2.45, 2.75) is 32.4 Å². The molecule has 1 atom stereocenters. The van der Waals surface area contributed by atoms with Gasteiger partial charge in [-0.1, -0.05) is 30.7 Å². The van der Waals surface area contributed by atoms with E-state index in [1.165, 1.54) is 11.3 Å². The second-order valence-corrected chi connectivity index (χ2v) is 6.68. The number of imidazole rings is 1. The largest absolute Gasteiger partial charge is 0.491 e. The molecule has 3 aromatic rings. The fourth-order valence-corrected chi connectivity index (χ4v) is 3.28. The number of halogens is 1. The monoisotopic (exact) mass is 359 g/mol. The second-order valence-electron chi connectivity index (χ2n) is 6.24. The highest BCUT2D eigenvalue weighted by Crippen LogP contribution is 2.18. The summed E-state index contributed by atoms with van der Waals surface area (Å²) in [5.74, 6) is 1.93. The molecule has 1 unspecified atom stereocenters. The molecule has 0 aliphatic carbocycles. The zero-order valence-electron chi connectivity index (χ0n) is 14.7. The van der Waals surface area contributed by atoms with E-state index in [0.717, 1.165) is 18.4 Å². The standard InChI is InChI=1S/C20H24ClN2O2/c1-3-6-20-22(2)18-7-4-5-8-19(18)23(20)13-16(24)14-25-17-11-9-15(21)10-12-17/h4-5,7-12,16,24H,3,6,13-14H2,1-2H3/q+1. The van der Waals surface area contributed by atoms with Gasteiger partial charge in [-0.2, -0.15) is 0 Å². The van der Waals surface area contributed by atoms with Gasteiger partial charge in [-0.3, -0.25) is 0 Å². The molecule has 25 heavy (non-hydrogen) atoms. The molecule has 0 saturated carbocycles. The van der Waals surface area contributed by atoms with E-state index < -0.39 is 6.10 Å². The van der Waals surface area contributed by atoms with E-state index in [4.69, 9.17) is 16.3 Å². The van der Waals surface area contributed by atoms with E-state index in [-0.39, 0.29) is 6.61 Å². The average Bonchev–Trinajstić information content (AvgIpc) is 2.88. The van der Waals surface area contributed by atoms with Gasteiger partial charge < -0.3 is 9.84 Å². The van der Waals surface area contributed by atoms with Gasteiger partial charge in [-0.15, -0.1) is 0 Å². The molecule has 0 spiro atoms. The van der Waals surface area contributed by atoms with Crippen LogP contribution < -0.4 is 9.30 Å². The molecule has 1 N–H and O–H groups in total. The van der Waals surface area contributed by atoms with Crippen molar-refractivity contribution in [3.63, 3.8) is 0 Å². The van der Waals surface area contributed by atoms with Crippen LogP contribution in [0.15, 0.2) is 48.5 Å². The molecule has 5 heteroatoms. The molecule has 1 aromatic heterocycles. The third kappa shape index (κ3) is 3.97. The highest BCUT2D eigenvalue weighted by atomic mass is 35.5. The minimum absolute atomic E-state index is 0.240. The first-order valence-electron chi connectivity index (χ1n) is 8.62. The van der Waals surface area contributed by atoms with Crippen molar-refractivity contribution >= 4 is 22.6 Å². The maximum Gasteiger partial charge on any atom is 0.257 e. The van der Waals surface area contributed by atoms with Gasteiger partial charge in [0.05, 0.1) is 7.05 Å². The smallest absolute Gasteiger partial charge is 0.257 e. The Morgan fingerprint density at radius 1 is 1.16 bits per heavy atom. The van der Waals surface area contributed by atoms with Crippen molar-refractivity contribution in [3.8, 4) is 5.75 Å². The summed E-state index contributed by atoms with van der Waals surface area (Å²) in [6.07, 6.45) is 1.43. The summed E-state index contributed by atoms with van der Waals surface area (Å²) in [7, 11) is 2.08. The van der Waals surface area contributed by atoms with Crippen LogP contribution in [-0.2, 0) is 20.0 Å². The molecule has 2 aromatic carbocycles. The summed E-state index contributed by atoms with van der Waals surface area (Å²) >= 11 is 5.88. The summed E-state index contributed by atoms with van der Waals surface area (Å²) in [5.41, 5.74) is 2.32. The van der Waals surface area contributed by atoms with Crippen LogP contribution >= 0.6 is 11.6 Å². The van der Waals surface area contributed by atoms with Gasteiger partial charge in [0.15, 0.2) is 11.0 Å². The number of fused-ring (bicyclic) bond motifs is 1. The molecule has 132 valence electrons. The number of nitrogens with zero attached hydrogens (tertiary/aromatic N) is 2. The molecule has 0 radical (unpaired) electrons. The van der Waals surface area contributed by atoms with Crippen LogP contribution in [0.5, 0.6) is 5.75 Å². The first-order valence-corrected chi connectivity index (χ1v) is 9.00. The van der Waals surface area contributed by atoms with Gasteiger partial charge >= 0.3 is 0 Å². The predicted octanol–water partition coefficient (Wildman–Crippen LogP) is 3.51. The Morgan fingerprint density at radius 2 is 1.88 bits per heavy atom. The summed E-state index contributed by atoms with van der Waals surface area (Å²) in [6, 6.07) is 15.5. The molecule has 0 aliphatic rings. The topological polar surface area (TPSA) is 38.3 Å². The molecular formula is C20H24ClN2O2+. The van der Waals surface area contributed by atoms with Crippen molar-refractivity contribution in [3.05, 3.63) is 59.4 Å². The van der Waals surface area contributed by atoms with Crippen LogP contribution in [0.1, 0.15) is 19.2 Å². The first kappa shape index (κ1) is 17.8. The van der Waals surface area contributed by atoms with Crippen LogP contribution in [0.4, 0.5) is 0 Å². The van der Waals surface area contributed by atoms with Crippen molar-refractivity contribution < 1.29 is 14.4 Å². The normalized spacial score (nSPS) is 12.5. The first-order chi connectivity index (χ1) is 12.1. The van der Waals surface area contributed by atoms with E-state index in [0.29, 0.717) is 17.3 Å². The summed E-state index contributed by atoms with van der Waals surface area (Å²) in [5, 5.41) is 11.2. The van der Waals surface area contributed by atoms with Crippen LogP contribution in [-0.4, -0.2) is 22.4 Å². The Hall–Kier alpha value is -2.04. The lowest BCUT2D eigenvalue weighted by Crippen LogP contribution is -2.34. The Morgan fingerprint density at radius 3 is 2.60 bits per heavy atom. The fourth-order valence-electron chi connectivity index (χ4n) is 3.15. The zero-order chi connectivity index (χ0) is 17.8. The molecule has 0 fully saturated rings. The number of hydrogen-bond donors (Lipinski definition) is 1. The third-order valence-electron chi connectivity index (χ3n) is 4.36. The Bertz CT molecular complexity index is 843. The molecule has 1 heterocycles. The molecule has 0 amide bonds. The molecule has 0 aliphatic heterocycles. The maximum absolute atomic E-state index is 10.5. The average molecular weight is 360 g/mol. The quantitative estimate of drug-likeness (QED) is 0.655. The van der Waals surface area contributed by atoms with Gasteiger partial charge in [0, 0.05) is 11.4 Å². The maximum atomic E-state index is 10.5. The fraction of sp³-hybridized carbons (Fsp3) is 0.350. The van der Waals surface area contributed by atoms with E-state index in [2.05, 4.69) is 35.2 Å². The number of rotatable bonds is 7. The van der Waals surface area contributed by atoms with Gasteiger partial charge in [0.1, 0.15) is 25.0 Å². The van der Waals surface area contributed by atoms with Gasteiger partial charge in [-0.05, 0) is 42.8 Å². The van der Waals surface area contributed by atoms with E-state index >= 15 is 0 Å². The van der Waals surface area contributed by atoms with Crippen LogP contribution in [0.2, 0.25) is 5.02 Å². The zero-order valence-corrected chi connectivity index (χ0v) is 15.4. The van der Waals surface area contributed by atoms with E-state index in [1.54, 1.807) is 12.1 Å². The van der Waals surface area contributed by atoms with Crippen molar-refractivity contribution in [1.29, 1.82) is 0 Å². The van der Waals surface area contributed by atoms with Gasteiger partial charge in [0.2, 0.25) is 0 Å². The number of benzene rings is 2. The number of aliphatic hydroxyl groups is 1. The van der Waals surface area contributed by atoms with Gasteiger partial charge in [-0.25, -0.2) is 9.13 Å². The lowest BCUT2D eigenvalue weighted by molar-refractivity contribution is -0.654. The number of para-hydroxylation sites is 2. The lowest BCUT2D eigenvalue weighted by Gasteiger charge is -2.12. The Kier molecular flexibility index (Phi) is 5.61. The SMILES string of the molecule is CCCc1n(CC(O)COc2ccc(Cl)cc2)c2ccccc2[n+]1C. The minimum Gasteiger partial charge on any atom is -0.491 e. The van der Waals surface area contributed by atoms with Crippen molar-refractivity contribution in [1.82, 2.24) is 4.57 Å². The van der Waals surface area contributed by atoms with E-state index in [9.17, 15) is 5.11 Å². The van der Waals surface area contributed by atoms with Crippen LogP contribution in [0.25, 0.3) is 11.0 Å². The van der Waals surface area contributed by atoms with Gasteiger partial charge in [0.25, 0.3) is 5.82 Å². The van der Waals surface area contributed by atoms with E-state index in [1.807, 2.05) is 24.3 Å². The number of hydrogen-bond acceptors (Lipinski definition) is 2. The number of aryl methyl sites for hydroxylation is 1. The second kappa shape index (κ2) is 7.89. The number of aliphatic hydroxyl groups excluding tert-OH is 1. The van der Waals surface area contributed by atoms with Crippen molar-refractivity contribution in [2.24, 2.45) is 7.05 Å². The van der Waals surface area contributed by atoms with Crippen LogP contribution in [0, 0.1) is 0 Å². The Labute approximate surface area is 153 Å². The minimum atomic E-state index is -0.595. The molecule has 0 bridgehead atoms. The molecule has 3 rings (SSSR count). The predicted molar refractivity (Wildman–Crippen MR) is 100 cm³/mol. The van der Waals surface area contributed by atoms with Crippen molar-refractivity contribution in [2.75, 3.05) is 6.61 Å². The summed E-state index contributed by atoms with van der Waals surface area (Å²) in [4.78, 5) is 0. The summed E-state index contributed by atoms with van der Waals surface area (Å²) < 4.78 is 10.1. The number of ether oxygens (including phenoxy) is 1. The molecular weight excluding hydrogens is 336 g/mol. The number of aromatic nitrogens is 2. The van der Waals surface area contributed by atoms with Crippen LogP contribution in [0.3, 0.4) is 0 Å². The highest BCUT2D eigenvalue weighted by Gasteiger charge is 2.23. The lowest BCUT2D eigenvalue weighted by atomic mass is 10.3. The highest BCUT2D eigenvalue weighted by molar-refractivity contribution is 6.30. The molecule has 0 saturated heterocycles. The third-order valence-corrected chi connectivity index (χ3v) is 4.61.